The third-order valence-corrected chi connectivity index (χ3v) is 13.5. The van der Waals surface area contributed by atoms with Crippen molar-refractivity contribution in [2.24, 2.45) is 11.8 Å². The number of fused-ring (bicyclic) bond motifs is 2. The molecule has 0 aliphatic carbocycles. The molecule has 0 bridgehead atoms. The van der Waals surface area contributed by atoms with Gasteiger partial charge in [-0.2, -0.15) is 14.6 Å². The second kappa shape index (κ2) is 23.8. The average Bonchev–Trinajstić information content (AvgIpc) is 3.84. The third-order valence-electron chi connectivity index (χ3n) is 13.5. The molecule has 0 atom stereocenters. The molecule has 0 unspecified atom stereocenters. The summed E-state index contributed by atoms with van der Waals surface area (Å²) in [6.45, 7) is 11.9. The van der Waals surface area contributed by atoms with Crippen LogP contribution in [0.5, 0.6) is 0 Å². The lowest BCUT2D eigenvalue weighted by molar-refractivity contribution is -0.134. The Bertz CT molecular complexity index is 2540. The number of nitrogens with one attached hydrogen (secondary N) is 1. The predicted molar refractivity (Wildman–Crippen MR) is 259 cm³/mol. The molecule has 1 N–H and O–H groups in total. The quantitative estimate of drug-likeness (QED) is 0.144. The molecule has 4 aromatic heterocycles. The van der Waals surface area contributed by atoms with Crippen LogP contribution in [0.4, 0.5) is 19.0 Å². The number of hydrogen-bond donors (Lipinski definition) is 1. The number of carbonyl (C=O) groups is 2. The third kappa shape index (κ3) is 13.1. The van der Waals surface area contributed by atoms with Crippen molar-refractivity contribution < 1.29 is 22.8 Å². The minimum absolute atomic E-state index is 0. The monoisotopic (exact) mass is 950 g/mol. The first-order valence-corrected chi connectivity index (χ1v) is 23.6. The van der Waals surface area contributed by atoms with Crippen LogP contribution in [0, 0.1) is 43.3 Å². The van der Waals surface area contributed by atoms with Gasteiger partial charge in [0.05, 0.1) is 49.0 Å². The number of aryl methyl sites for hydroxylation is 2. The van der Waals surface area contributed by atoms with Crippen LogP contribution in [-0.2, 0) is 48.6 Å². The Kier molecular flexibility index (Phi) is 17.4. The number of halogens is 4. The second-order valence-corrected chi connectivity index (χ2v) is 18.1. The molecule has 8 heterocycles. The molecule has 68 heavy (non-hydrogen) atoms. The van der Waals surface area contributed by atoms with Crippen LogP contribution in [0.3, 0.4) is 0 Å². The van der Waals surface area contributed by atoms with Gasteiger partial charge < -0.3 is 20.0 Å². The number of rotatable bonds is 9. The second-order valence-electron chi connectivity index (χ2n) is 18.1. The van der Waals surface area contributed by atoms with Crippen molar-refractivity contribution in [1.29, 1.82) is 0 Å². The first-order valence-electron chi connectivity index (χ1n) is 23.6. The molecule has 6 aromatic rings. The van der Waals surface area contributed by atoms with E-state index in [2.05, 4.69) is 20.2 Å². The van der Waals surface area contributed by atoms with Gasteiger partial charge in [-0.1, -0.05) is 36.4 Å². The number of amides is 2. The molecule has 12 nitrogen and oxygen atoms in total. The summed E-state index contributed by atoms with van der Waals surface area (Å²) in [4.78, 5) is 40.1. The number of aromatic nitrogens is 6. The molecule has 360 valence electrons. The van der Waals surface area contributed by atoms with Crippen molar-refractivity contribution in [3.8, 4) is 0 Å². The fourth-order valence-electron chi connectivity index (χ4n) is 9.65. The van der Waals surface area contributed by atoms with Gasteiger partial charge in [0.2, 0.25) is 17.8 Å². The van der Waals surface area contributed by atoms with Crippen LogP contribution in [0.2, 0.25) is 0 Å². The van der Waals surface area contributed by atoms with E-state index in [1.165, 1.54) is 47.7 Å². The molecule has 10 rings (SSSR count). The molecule has 0 spiro atoms. The van der Waals surface area contributed by atoms with Gasteiger partial charge in [0.25, 0.3) is 0 Å². The van der Waals surface area contributed by atoms with Crippen LogP contribution in [0.25, 0.3) is 0 Å². The number of carbonyl (C=O) groups excluding carboxylic acids is 2. The van der Waals surface area contributed by atoms with E-state index >= 15 is 0 Å². The fourth-order valence-corrected chi connectivity index (χ4v) is 9.65. The average molecular weight is 952 g/mol. The summed E-state index contributed by atoms with van der Waals surface area (Å²) in [6, 6.07) is 23.7. The van der Waals surface area contributed by atoms with E-state index in [1.807, 2.05) is 57.4 Å². The summed E-state index contributed by atoms with van der Waals surface area (Å²) in [5, 5.41) is 12.8. The highest BCUT2D eigenvalue weighted by Gasteiger charge is 2.30. The standard InChI is InChI=1S/C26H30FN5O.C21H27FN4O.C5H4FN.ClH/c1-19-23-11-15-31(18-24(23)32(29-19)17-21-5-7-22(27)8-6-21)26(33)16-20-9-13-30(14-10-20)25-4-2-3-12-28-25;1-15-19-8-11-25(21(27)12-16-6-9-23-10-7-16)14-20(19)26(24-15)13-17-2-4-18(22)5-3-17;6-5-3-1-2-4-7-5;/h2-8,12,20H,9-11,13-18H2,1H3;2-5,16,23H,6-14H2,1H3;1-4H;1H. The maximum Gasteiger partial charge on any atom is 0.223 e. The van der Waals surface area contributed by atoms with Crippen LogP contribution >= 0.6 is 12.4 Å². The zero-order valence-corrected chi connectivity index (χ0v) is 39.8. The smallest absolute Gasteiger partial charge is 0.223 e. The van der Waals surface area contributed by atoms with Crippen LogP contribution in [0.1, 0.15) is 83.6 Å². The van der Waals surface area contributed by atoms with E-state index in [9.17, 15) is 22.8 Å². The fraction of sp³-hybridized carbons (Fsp3) is 0.423. The lowest BCUT2D eigenvalue weighted by Gasteiger charge is -2.34. The van der Waals surface area contributed by atoms with E-state index in [4.69, 9.17) is 10.2 Å². The van der Waals surface area contributed by atoms with Crippen molar-refractivity contribution in [3.05, 3.63) is 160 Å². The van der Waals surface area contributed by atoms with Gasteiger partial charge in [0, 0.05) is 51.4 Å². The number of piperidine rings is 2. The predicted octanol–water partition coefficient (Wildman–Crippen LogP) is 8.26. The Labute approximate surface area is 403 Å². The lowest BCUT2D eigenvalue weighted by atomic mass is 9.92. The molecule has 2 fully saturated rings. The highest BCUT2D eigenvalue weighted by Crippen LogP contribution is 2.29. The molecular formula is C52H62ClF3N10O2. The highest BCUT2D eigenvalue weighted by molar-refractivity contribution is 5.85. The molecular weight excluding hydrogens is 889 g/mol. The summed E-state index contributed by atoms with van der Waals surface area (Å²) < 4.78 is 42.2. The van der Waals surface area contributed by atoms with E-state index in [0.717, 1.165) is 118 Å². The van der Waals surface area contributed by atoms with E-state index < -0.39 is 5.95 Å². The SMILES string of the molecule is Cc1nn(Cc2ccc(F)cc2)c2c1CCN(C(=O)CC1CCN(c3ccccn3)CC1)C2.Cc1nn(Cc2ccc(F)cc2)c2c1CCN(C(=O)CC1CCNCC1)C2.Cl.Fc1ccccn1. The summed E-state index contributed by atoms with van der Waals surface area (Å²) in [6.07, 6.45) is 10.4. The molecule has 0 radical (unpaired) electrons. The molecule has 2 amide bonds. The number of hydrogen-bond acceptors (Lipinski definition) is 8. The van der Waals surface area contributed by atoms with Crippen molar-refractivity contribution in [3.63, 3.8) is 0 Å². The zero-order chi connectivity index (χ0) is 46.7. The number of anilines is 1. The normalized spacial score (nSPS) is 16.0. The summed E-state index contributed by atoms with van der Waals surface area (Å²) >= 11 is 0. The van der Waals surface area contributed by atoms with Gasteiger partial charge in [-0.05, 0) is 148 Å². The topological polar surface area (TPSA) is 117 Å². The Balaban J connectivity index is 0.000000176. The van der Waals surface area contributed by atoms with Gasteiger partial charge in [0.1, 0.15) is 17.5 Å². The lowest BCUT2D eigenvalue weighted by Crippen LogP contribution is -2.40. The molecule has 2 saturated heterocycles. The Hall–Kier alpha value is -6.06. The molecule has 4 aliphatic rings. The molecule has 0 saturated carbocycles. The maximum absolute atomic E-state index is 13.3. The molecule has 4 aliphatic heterocycles. The zero-order valence-electron chi connectivity index (χ0n) is 39.0. The van der Waals surface area contributed by atoms with Gasteiger partial charge in [0.15, 0.2) is 0 Å². The van der Waals surface area contributed by atoms with E-state index in [0.29, 0.717) is 50.9 Å². The number of nitrogens with zero attached hydrogens (tertiary/aromatic N) is 9. The maximum atomic E-state index is 13.3. The van der Waals surface area contributed by atoms with E-state index in [1.54, 1.807) is 36.4 Å². The van der Waals surface area contributed by atoms with Crippen molar-refractivity contribution >= 4 is 30.0 Å². The Morgan fingerprint density at radius 1 is 0.603 bits per heavy atom. The van der Waals surface area contributed by atoms with E-state index in [-0.39, 0.29) is 35.9 Å². The van der Waals surface area contributed by atoms with Crippen molar-refractivity contribution in [2.75, 3.05) is 44.2 Å². The van der Waals surface area contributed by atoms with Crippen molar-refractivity contribution in [1.82, 2.24) is 44.6 Å². The summed E-state index contributed by atoms with van der Waals surface area (Å²) in [7, 11) is 0. The Morgan fingerprint density at radius 3 is 1.50 bits per heavy atom. The van der Waals surface area contributed by atoms with Crippen LogP contribution < -0.4 is 10.2 Å². The largest absolute Gasteiger partial charge is 0.357 e. The first-order chi connectivity index (χ1) is 32.6. The molecule has 2 aromatic carbocycles. The van der Waals surface area contributed by atoms with Crippen molar-refractivity contribution in [2.45, 2.75) is 91.4 Å². The van der Waals surface area contributed by atoms with Gasteiger partial charge in [-0.3, -0.25) is 19.0 Å². The minimum Gasteiger partial charge on any atom is -0.357 e. The van der Waals surface area contributed by atoms with Gasteiger partial charge in [-0.15, -0.1) is 12.4 Å². The van der Waals surface area contributed by atoms with Gasteiger partial charge in [-0.25, -0.2) is 18.7 Å². The summed E-state index contributed by atoms with van der Waals surface area (Å²) in [5.74, 6) is 1.56. The summed E-state index contributed by atoms with van der Waals surface area (Å²) in [5.41, 5.74) is 8.85. The molecule has 16 heteroatoms. The number of pyridine rings is 2. The van der Waals surface area contributed by atoms with Gasteiger partial charge >= 0.3 is 0 Å². The number of benzene rings is 2. The Morgan fingerprint density at radius 2 is 1.07 bits per heavy atom. The highest BCUT2D eigenvalue weighted by atomic mass is 35.5. The van der Waals surface area contributed by atoms with Crippen LogP contribution in [-0.4, -0.2) is 90.4 Å². The minimum atomic E-state index is -0.428. The van der Waals surface area contributed by atoms with Crippen LogP contribution in [0.15, 0.2) is 97.3 Å². The first kappa shape index (κ1) is 49.8.